The van der Waals surface area contributed by atoms with Gasteiger partial charge in [0, 0.05) is 12.1 Å². The zero-order chi connectivity index (χ0) is 8.27. The molecule has 1 rings (SSSR count). The van der Waals surface area contributed by atoms with E-state index in [2.05, 4.69) is 0 Å². The van der Waals surface area contributed by atoms with E-state index in [-0.39, 0.29) is 12.1 Å². The van der Waals surface area contributed by atoms with Crippen molar-refractivity contribution in [2.24, 2.45) is 11.5 Å². The van der Waals surface area contributed by atoms with Crippen LogP contribution in [0.4, 0.5) is 0 Å². The van der Waals surface area contributed by atoms with Crippen molar-refractivity contribution in [2.75, 3.05) is 0 Å². The van der Waals surface area contributed by atoms with Crippen LogP contribution >= 0.6 is 0 Å². The summed E-state index contributed by atoms with van der Waals surface area (Å²) >= 11 is 0. The van der Waals surface area contributed by atoms with Crippen LogP contribution in [-0.4, -0.2) is 6.04 Å². The highest BCUT2D eigenvalue weighted by molar-refractivity contribution is 5.19. The molecule has 60 valence electrons. The summed E-state index contributed by atoms with van der Waals surface area (Å²) in [6.07, 6.45) is 0. The molecule has 2 heteroatoms. The Balaban J connectivity index is 2.77. The van der Waals surface area contributed by atoms with E-state index in [0.29, 0.717) is 0 Å². The van der Waals surface area contributed by atoms with Crippen LogP contribution in [0.5, 0.6) is 0 Å². The Morgan fingerprint density at radius 1 is 1.09 bits per heavy atom. The second-order valence-corrected chi connectivity index (χ2v) is 2.80. The van der Waals surface area contributed by atoms with Gasteiger partial charge in [-0.05, 0) is 12.5 Å². The minimum atomic E-state index is -0.0452. The highest BCUT2D eigenvalue weighted by Gasteiger charge is 2.08. The molecule has 1 aromatic carbocycles. The first-order valence-electron chi connectivity index (χ1n) is 3.78. The zero-order valence-electron chi connectivity index (χ0n) is 6.70. The zero-order valence-corrected chi connectivity index (χ0v) is 6.70. The Bertz CT molecular complexity index is 206. The van der Waals surface area contributed by atoms with E-state index in [1.807, 2.05) is 37.3 Å². The van der Waals surface area contributed by atoms with Crippen LogP contribution in [0.3, 0.4) is 0 Å². The Morgan fingerprint density at radius 3 is 2.09 bits per heavy atom. The molecule has 0 saturated heterocycles. The Labute approximate surface area is 67.2 Å². The van der Waals surface area contributed by atoms with Crippen LogP contribution in [0.2, 0.25) is 0 Å². The summed E-state index contributed by atoms with van der Waals surface area (Å²) in [5.74, 6) is 0. The van der Waals surface area contributed by atoms with Gasteiger partial charge in [-0.25, -0.2) is 0 Å². The first-order valence-corrected chi connectivity index (χ1v) is 3.78. The largest absolute Gasteiger partial charge is 0.326 e. The molecule has 0 radical (unpaired) electrons. The fourth-order valence-electron chi connectivity index (χ4n) is 0.979. The van der Waals surface area contributed by atoms with E-state index in [4.69, 9.17) is 11.5 Å². The molecule has 2 atom stereocenters. The lowest BCUT2D eigenvalue weighted by molar-refractivity contribution is 0.589. The number of hydrogen-bond acceptors (Lipinski definition) is 2. The topological polar surface area (TPSA) is 52.0 Å². The predicted octanol–water partition coefficient (Wildman–Crippen LogP) is 1.03. The molecule has 0 saturated carbocycles. The van der Waals surface area contributed by atoms with Gasteiger partial charge in [0.25, 0.3) is 0 Å². The molecule has 0 aliphatic carbocycles. The Kier molecular flexibility index (Phi) is 2.63. The summed E-state index contributed by atoms with van der Waals surface area (Å²) in [6, 6.07) is 9.86. The second kappa shape index (κ2) is 3.51. The molecule has 2 nitrogen and oxygen atoms in total. The highest BCUT2D eigenvalue weighted by Crippen LogP contribution is 2.11. The summed E-state index contributed by atoms with van der Waals surface area (Å²) in [5, 5.41) is 0. The molecule has 0 spiro atoms. The second-order valence-electron chi connectivity index (χ2n) is 2.80. The van der Waals surface area contributed by atoms with E-state index in [1.165, 1.54) is 0 Å². The Morgan fingerprint density at radius 2 is 1.64 bits per heavy atom. The monoisotopic (exact) mass is 150 g/mol. The van der Waals surface area contributed by atoms with E-state index < -0.39 is 0 Å². The van der Waals surface area contributed by atoms with Gasteiger partial charge in [-0.3, -0.25) is 0 Å². The van der Waals surface area contributed by atoms with Crippen molar-refractivity contribution >= 4 is 0 Å². The maximum Gasteiger partial charge on any atom is 0.0445 e. The smallest absolute Gasteiger partial charge is 0.0445 e. The fourth-order valence-corrected chi connectivity index (χ4v) is 0.979. The SMILES string of the molecule is C[C@H](N)[C@H](N)c1ccccc1. The lowest BCUT2D eigenvalue weighted by atomic mass is 10.0. The molecule has 0 bridgehead atoms. The van der Waals surface area contributed by atoms with Crippen molar-refractivity contribution in [1.82, 2.24) is 0 Å². The third-order valence-electron chi connectivity index (χ3n) is 1.75. The standard InChI is InChI=1S/C9H14N2/c1-7(10)9(11)8-5-3-2-4-6-8/h2-7,9H,10-11H2,1H3/t7-,9-/m0/s1. The van der Waals surface area contributed by atoms with Gasteiger partial charge >= 0.3 is 0 Å². The molecule has 0 unspecified atom stereocenters. The lowest BCUT2D eigenvalue weighted by Crippen LogP contribution is -2.30. The van der Waals surface area contributed by atoms with E-state index in [0.717, 1.165) is 5.56 Å². The predicted molar refractivity (Wildman–Crippen MR) is 47.0 cm³/mol. The van der Waals surface area contributed by atoms with E-state index in [1.54, 1.807) is 0 Å². The van der Waals surface area contributed by atoms with Crippen LogP contribution < -0.4 is 11.5 Å². The van der Waals surface area contributed by atoms with Gasteiger partial charge in [-0.15, -0.1) is 0 Å². The van der Waals surface area contributed by atoms with Gasteiger partial charge in [0.2, 0.25) is 0 Å². The van der Waals surface area contributed by atoms with Crippen molar-refractivity contribution in [1.29, 1.82) is 0 Å². The third-order valence-corrected chi connectivity index (χ3v) is 1.75. The van der Waals surface area contributed by atoms with Crippen molar-refractivity contribution in [3.8, 4) is 0 Å². The molecule has 0 fully saturated rings. The summed E-state index contributed by atoms with van der Waals surface area (Å²) in [4.78, 5) is 0. The van der Waals surface area contributed by atoms with Gasteiger partial charge in [0.15, 0.2) is 0 Å². The van der Waals surface area contributed by atoms with Crippen molar-refractivity contribution in [3.63, 3.8) is 0 Å². The van der Waals surface area contributed by atoms with E-state index in [9.17, 15) is 0 Å². The average molecular weight is 150 g/mol. The van der Waals surface area contributed by atoms with Crippen LogP contribution in [0.25, 0.3) is 0 Å². The molecule has 0 heterocycles. The number of hydrogen-bond donors (Lipinski definition) is 2. The molecule has 0 aliphatic heterocycles. The normalized spacial score (nSPS) is 15.9. The molecule has 11 heavy (non-hydrogen) atoms. The van der Waals surface area contributed by atoms with Crippen LogP contribution in [0, 0.1) is 0 Å². The number of nitrogens with two attached hydrogens (primary N) is 2. The van der Waals surface area contributed by atoms with Crippen LogP contribution in [0.1, 0.15) is 18.5 Å². The number of benzene rings is 1. The van der Waals surface area contributed by atoms with Gasteiger partial charge in [0.1, 0.15) is 0 Å². The minimum absolute atomic E-state index is 0.0115. The molecule has 1 aromatic rings. The van der Waals surface area contributed by atoms with Gasteiger partial charge in [-0.1, -0.05) is 30.3 Å². The first-order chi connectivity index (χ1) is 5.22. The molecule has 0 aromatic heterocycles. The summed E-state index contributed by atoms with van der Waals surface area (Å²) < 4.78 is 0. The summed E-state index contributed by atoms with van der Waals surface area (Å²) in [6.45, 7) is 1.91. The highest BCUT2D eigenvalue weighted by atomic mass is 14.8. The van der Waals surface area contributed by atoms with Crippen LogP contribution in [0.15, 0.2) is 30.3 Å². The molecule has 0 aliphatic rings. The van der Waals surface area contributed by atoms with Gasteiger partial charge < -0.3 is 11.5 Å². The first kappa shape index (κ1) is 8.24. The average Bonchev–Trinajstić information content (AvgIpc) is 2.05. The van der Waals surface area contributed by atoms with Crippen molar-refractivity contribution < 1.29 is 0 Å². The maximum absolute atomic E-state index is 5.81. The van der Waals surface area contributed by atoms with Gasteiger partial charge in [-0.2, -0.15) is 0 Å². The van der Waals surface area contributed by atoms with E-state index >= 15 is 0 Å². The van der Waals surface area contributed by atoms with Crippen molar-refractivity contribution in [2.45, 2.75) is 19.0 Å². The quantitative estimate of drug-likeness (QED) is 0.661. The number of rotatable bonds is 2. The lowest BCUT2D eigenvalue weighted by Gasteiger charge is -2.15. The third kappa shape index (κ3) is 2.03. The molecular formula is C9H14N2. The molecule has 4 N–H and O–H groups in total. The fraction of sp³-hybridized carbons (Fsp3) is 0.333. The summed E-state index contributed by atoms with van der Waals surface area (Å²) in [7, 11) is 0. The Hall–Kier alpha value is -0.860. The molecule has 0 amide bonds. The summed E-state index contributed by atoms with van der Waals surface area (Å²) in [5.41, 5.74) is 12.6. The molecular weight excluding hydrogens is 136 g/mol. The maximum atomic E-state index is 5.81. The van der Waals surface area contributed by atoms with Crippen LogP contribution in [-0.2, 0) is 0 Å². The minimum Gasteiger partial charge on any atom is -0.326 e. The van der Waals surface area contributed by atoms with Crippen molar-refractivity contribution in [3.05, 3.63) is 35.9 Å². The van der Waals surface area contributed by atoms with Gasteiger partial charge in [0.05, 0.1) is 0 Å².